The number of benzene rings is 1. The number of hydrogen-bond acceptors (Lipinski definition) is 4. The summed E-state index contributed by atoms with van der Waals surface area (Å²) in [6, 6.07) is 6.86. The van der Waals surface area contributed by atoms with Gasteiger partial charge in [-0.15, -0.1) is 0 Å². The lowest BCUT2D eigenvalue weighted by Crippen LogP contribution is -2.93. The van der Waals surface area contributed by atoms with Crippen LogP contribution in [0, 0.1) is 0 Å². The van der Waals surface area contributed by atoms with Crippen molar-refractivity contribution in [2.24, 2.45) is 0 Å². The van der Waals surface area contributed by atoms with E-state index in [1.165, 1.54) is 16.7 Å². The Morgan fingerprint density at radius 1 is 1.26 bits per heavy atom. The molecule has 1 aromatic rings. The number of carbonyl (C=O) groups excluding carboxylic acids is 2. The predicted molar refractivity (Wildman–Crippen MR) is 67.6 cm³/mol. The normalized spacial score (nSPS) is 24.9. The number of hydrogen-bond donors (Lipinski definition) is 2. The second kappa shape index (κ2) is 4.31. The van der Waals surface area contributed by atoms with E-state index in [0.717, 1.165) is 0 Å². The summed E-state index contributed by atoms with van der Waals surface area (Å²) in [4.78, 5) is 25.6. The molecule has 1 fully saturated rings. The molecule has 0 radical (unpaired) electrons. The van der Waals surface area contributed by atoms with Crippen LogP contribution in [0.2, 0.25) is 0 Å². The summed E-state index contributed by atoms with van der Waals surface area (Å²) >= 11 is 1.48. The number of nitrogens with zero attached hydrogens (tertiary/aromatic N) is 1. The Kier molecular flexibility index (Phi) is 2.86. The summed E-state index contributed by atoms with van der Waals surface area (Å²) in [5.74, 6) is 0.181. The van der Waals surface area contributed by atoms with Gasteiger partial charge in [0.2, 0.25) is 0 Å². The second-order valence-corrected chi connectivity index (χ2v) is 6.09. The molecule has 0 spiro atoms. The molecule has 3 rings (SSSR count). The van der Waals surface area contributed by atoms with Crippen LogP contribution in [0.4, 0.5) is 0 Å². The van der Waals surface area contributed by atoms with E-state index < -0.39 is 5.18 Å². The van der Waals surface area contributed by atoms with E-state index in [9.17, 15) is 9.59 Å². The lowest BCUT2D eigenvalue weighted by Gasteiger charge is -2.18. The maximum atomic E-state index is 12.2. The third-order valence-corrected chi connectivity index (χ3v) is 4.34. The van der Waals surface area contributed by atoms with Crippen molar-refractivity contribution >= 4 is 23.6 Å². The Hall–Kier alpha value is -1.41. The third-order valence-electron chi connectivity index (χ3n) is 3.18. The quantitative estimate of drug-likeness (QED) is 0.509. The van der Waals surface area contributed by atoms with Gasteiger partial charge in [-0.25, -0.2) is 0 Å². The first kappa shape index (κ1) is 12.6. The molecule has 7 heteroatoms. The number of fused-ring (bicyclic) bond motifs is 1. The highest BCUT2D eigenvalue weighted by molar-refractivity contribution is 8.00. The van der Waals surface area contributed by atoms with Crippen molar-refractivity contribution in [3.8, 4) is 0 Å². The molecule has 1 unspecified atom stereocenters. The fourth-order valence-corrected chi connectivity index (χ4v) is 3.18. The molecule has 0 bridgehead atoms. The number of rotatable bonds is 2. The van der Waals surface area contributed by atoms with Gasteiger partial charge in [-0.1, -0.05) is 12.1 Å². The zero-order chi connectivity index (χ0) is 13.6. The van der Waals surface area contributed by atoms with Crippen molar-refractivity contribution < 1.29 is 25.8 Å². The average molecular weight is 281 g/mol. The Morgan fingerprint density at radius 2 is 1.84 bits per heavy atom. The van der Waals surface area contributed by atoms with E-state index in [-0.39, 0.29) is 24.5 Å². The van der Waals surface area contributed by atoms with E-state index in [1.54, 1.807) is 24.3 Å². The van der Waals surface area contributed by atoms with Gasteiger partial charge in [0.05, 0.1) is 23.8 Å². The van der Waals surface area contributed by atoms with Crippen molar-refractivity contribution in [2.45, 2.75) is 11.3 Å². The molecule has 2 aliphatic heterocycles. The molecule has 19 heavy (non-hydrogen) atoms. The minimum atomic E-state index is -0.733. The first-order chi connectivity index (χ1) is 8.98. The van der Waals surface area contributed by atoms with Crippen LogP contribution in [0.3, 0.4) is 0 Å². The van der Waals surface area contributed by atoms with E-state index in [2.05, 4.69) is 11.5 Å². The molecule has 1 atom stereocenters. The van der Waals surface area contributed by atoms with Gasteiger partial charge in [0.1, 0.15) is 0 Å². The minimum Gasteiger partial charge on any atom is -0.272 e. The van der Waals surface area contributed by atoms with Crippen LogP contribution < -0.4 is 11.5 Å². The monoisotopic (exact) mass is 281 g/mol. The summed E-state index contributed by atoms with van der Waals surface area (Å²) < 4.78 is 5.60. The molecule has 2 heterocycles. The molecule has 2 amide bonds. The Labute approximate surface area is 114 Å². The standard InChI is InChI=1S/C12H13N3O3S/c13-12(14)18-7(6-19-12)5-15-10(16)8-3-1-2-4-9(8)11(15)17/h1-4,7H,5-6,13-14H2/p+2. The van der Waals surface area contributed by atoms with Gasteiger partial charge in [-0.3, -0.25) is 30.7 Å². The maximum Gasteiger partial charge on any atom is 0.385 e. The van der Waals surface area contributed by atoms with Gasteiger partial charge < -0.3 is 0 Å². The highest BCUT2D eigenvalue weighted by atomic mass is 32.2. The van der Waals surface area contributed by atoms with Crippen LogP contribution in [0.1, 0.15) is 20.7 Å². The van der Waals surface area contributed by atoms with Crippen LogP contribution in [0.5, 0.6) is 0 Å². The number of carbonyl (C=O) groups is 2. The zero-order valence-electron chi connectivity index (χ0n) is 10.3. The molecule has 1 aromatic carbocycles. The van der Waals surface area contributed by atoms with E-state index >= 15 is 0 Å². The number of ether oxygens (including phenoxy) is 1. The van der Waals surface area contributed by atoms with Gasteiger partial charge in [0, 0.05) is 17.5 Å². The van der Waals surface area contributed by atoms with E-state index in [4.69, 9.17) is 4.74 Å². The topological polar surface area (TPSA) is 102 Å². The highest BCUT2D eigenvalue weighted by Gasteiger charge is 2.45. The van der Waals surface area contributed by atoms with Crippen molar-refractivity contribution in [3.05, 3.63) is 35.4 Å². The molecule has 2 aliphatic rings. The lowest BCUT2D eigenvalue weighted by atomic mass is 10.1. The minimum absolute atomic E-state index is 0.206. The molecule has 0 saturated carbocycles. The summed E-state index contributed by atoms with van der Waals surface area (Å²) in [6.45, 7) is 0.256. The molecular formula is C12H15N3O3S+2. The summed E-state index contributed by atoms with van der Waals surface area (Å²) in [6.07, 6.45) is -0.206. The van der Waals surface area contributed by atoms with Gasteiger partial charge in [-0.05, 0) is 12.1 Å². The largest absolute Gasteiger partial charge is 0.385 e. The number of amides is 2. The Balaban J connectivity index is 1.78. The van der Waals surface area contributed by atoms with Gasteiger partial charge in [0.15, 0.2) is 0 Å². The van der Waals surface area contributed by atoms with Crippen molar-refractivity contribution in [1.29, 1.82) is 0 Å². The van der Waals surface area contributed by atoms with Gasteiger partial charge in [0.25, 0.3) is 11.8 Å². The molecule has 6 N–H and O–H groups in total. The molecule has 1 saturated heterocycles. The van der Waals surface area contributed by atoms with Gasteiger partial charge in [-0.2, -0.15) is 0 Å². The Morgan fingerprint density at radius 3 is 2.32 bits per heavy atom. The second-order valence-electron chi connectivity index (χ2n) is 4.73. The van der Waals surface area contributed by atoms with E-state index in [0.29, 0.717) is 16.9 Å². The van der Waals surface area contributed by atoms with Gasteiger partial charge >= 0.3 is 5.18 Å². The summed E-state index contributed by atoms with van der Waals surface area (Å²) in [5.41, 5.74) is 8.56. The number of quaternary nitrogens is 2. The van der Waals surface area contributed by atoms with Crippen LogP contribution >= 0.6 is 11.8 Å². The molecule has 6 nitrogen and oxygen atoms in total. The summed E-state index contributed by atoms with van der Waals surface area (Å²) in [5, 5.41) is -0.733. The van der Waals surface area contributed by atoms with Crippen LogP contribution in [-0.4, -0.2) is 40.3 Å². The fraction of sp³-hybridized carbons (Fsp3) is 0.333. The number of imide groups is 1. The Bertz CT molecular complexity index is 526. The van der Waals surface area contributed by atoms with Crippen molar-refractivity contribution in [1.82, 2.24) is 4.90 Å². The van der Waals surface area contributed by atoms with Crippen LogP contribution in [0.15, 0.2) is 24.3 Å². The van der Waals surface area contributed by atoms with Crippen molar-refractivity contribution in [3.63, 3.8) is 0 Å². The van der Waals surface area contributed by atoms with Crippen LogP contribution in [-0.2, 0) is 4.74 Å². The lowest BCUT2D eigenvalue weighted by molar-refractivity contribution is -0.742. The SMILES string of the molecule is [NH3+]C1([NH3+])OC(CN2C(=O)c3ccccc3C2=O)CS1. The first-order valence-electron chi connectivity index (χ1n) is 5.96. The van der Waals surface area contributed by atoms with E-state index in [1.807, 2.05) is 0 Å². The first-order valence-corrected chi connectivity index (χ1v) is 6.94. The van der Waals surface area contributed by atoms with Crippen molar-refractivity contribution in [2.75, 3.05) is 12.3 Å². The predicted octanol–water partition coefficient (Wildman–Crippen LogP) is -1.49. The summed E-state index contributed by atoms with van der Waals surface area (Å²) in [7, 11) is 0. The third kappa shape index (κ3) is 2.14. The fourth-order valence-electron chi connectivity index (χ4n) is 2.32. The van der Waals surface area contributed by atoms with Crippen LogP contribution in [0.25, 0.3) is 0 Å². The molecule has 0 aliphatic carbocycles. The molecular weight excluding hydrogens is 266 g/mol. The molecule has 100 valence electrons. The molecule has 0 aromatic heterocycles. The number of thioether (sulfide) groups is 1. The zero-order valence-corrected chi connectivity index (χ0v) is 11.1. The smallest absolute Gasteiger partial charge is 0.272 e. The maximum absolute atomic E-state index is 12.2. The average Bonchev–Trinajstić information content (AvgIpc) is 2.83. The highest BCUT2D eigenvalue weighted by Crippen LogP contribution is 2.28.